The molecule has 0 aromatic rings. The maximum Gasteiger partial charge on any atom is 0.151 e. The quantitative estimate of drug-likeness (QED) is 0.808. The molecule has 2 unspecified atom stereocenters. The Morgan fingerprint density at radius 3 is 2.50 bits per heavy atom. The van der Waals surface area contributed by atoms with Gasteiger partial charge in [-0.3, -0.25) is 4.90 Å². The van der Waals surface area contributed by atoms with Gasteiger partial charge < -0.3 is 5.32 Å². The second-order valence-corrected chi connectivity index (χ2v) is 9.52. The highest BCUT2D eigenvalue weighted by Gasteiger charge is 2.48. The normalized spacial score (nSPS) is 32.8. The zero-order valence-electron chi connectivity index (χ0n) is 13.4. The van der Waals surface area contributed by atoms with Crippen molar-refractivity contribution in [3.63, 3.8) is 0 Å². The minimum Gasteiger partial charge on any atom is -0.311 e. The predicted molar refractivity (Wildman–Crippen MR) is 83.7 cm³/mol. The summed E-state index contributed by atoms with van der Waals surface area (Å²) >= 11 is 0. The summed E-state index contributed by atoms with van der Waals surface area (Å²) in [4.78, 5) is 2.46. The van der Waals surface area contributed by atoms with E-state index in [1.165, 1.54) is 12.8 Å². The Kier molecular flexibility index (Phi) is 4.82. The van der Waals surface area contributed by atoms with Gasteiger partial charge in [0.05, 0.1) is 5.75 Å². The number of nitrogens with one attached hydrogen (secondary N) is 1. The first-order valence-electron chi connectivity index (χ1n) is 7.97. The van der Waals surface area contributed by atoms with E-state index in [1.807, 2.05) is 0 Å². The van der Waals surface area contributed by atoms with E-state index in [2.05, 4.69) is 31.0 Å². The Morgan fingerprint density at radius 2 is 2.00 bits per heavy atom. The average Bonchev–Trinajstić information content (AvgIpc) is 3.22. The minimum absolute atomic E-state index is 0.147. The van der Waals surface area contributed by atoms with E-state index < -0.39 is 9.84 Å². The molecular formula is C15H30N2O2S. The lowest BCUT2D eigenvalue weighted by atomic mass is 9.87. The molecule has 20 heavy (non-hydrogen) atoms. The highest BCUT2D eigenvalue weighted by molar-refractivity contribution is 7.91. The van der Waals surface area contributed by atoms with Gasteiger partial charge in [0.15, 0.2) is 9.84 Å². The first-order valence-corrected chi connectivity index (χ1v) is 9.79. The summed E-state index contributed by atoms with van der Waals surface area (Å²) in [7, 11) is -2.87. The van der Waals surface area contributed by atoms with Crippen LogP contribution in [0.15, 0.2) is 0 Å². The summed E-state index contributed by atoms with van der Waals surface area (Å²) in [6.45, 7) is 11.2. The van der Waals surface area contributed by atoms with Gasteiger partial charge in [-0.25, -0.2) is 8.42 Å². The van der Waals surface area contributed by atoms with Gasteiger partial charge in [0, 0.05) is 37.0 Å². The fourth-order valence-corrected chi connectivity index (χ4v) is 4.04. The third kappa shape index (κ3) is 3.55. The molecule has 0 aromatic carbocycles. The van der Waals surface area contributed by atoms with Crippen LogP contribution in [0.5, 0.6) is 0 Å². The van der Waals surface area contributed by atoms with Crippen molar-refractivity contribution in [3.8, 4) is 0 Å². The highest BCUT2D eigenvalue weighted by atomic mass is 32.2. The Balaban J connectivity index is 2.06. The van der Waals surface area contributed by atoms with E-state index in [-0.39, 0.29) is 11.3 Å². The Bertz CT molecular complexity index is 431. The molecule has 1 aliphatic heterocycles. The summed E-state index contributed by atoms with van der Waals surface area (Å²) in [6.07, 6.45) is 2.59. The standard InChI is InChI=1S/C15H30N2O2S/c1-5-20(18,19)9-8-17-10-14(12(2)3)16-11-15(17,4)13-6-7-13/h12-14,16H,5-11H2,1-4H3. The van der Waals surface area contributed by atoms with E-state index in [0.717, 1.165) is 19.0 Å². The SMILES string of the molecule is CCS(=O)(=O)CCN1CC(C(C)C)NCC1(C)C1CC1. The van der Waals surface area contributed by atoms with Crippen LogP contribution in [0.2, 0.25) is 0 Å². The molecule has 4 nitrogen and oxygen atoms in total. The first-order chi connectivity index (χ1) is 9.28. The summed E-state index contributed by atoms with van der Waals surface area (Å²) in [5.41, 5.74) is 0.147. The van der Waals surface area contributed by atoms with Gasteiger partial charge >= 0.3 is 0 Å². The van der Waals surface area contributed by atoms with Crippen LogP contribution < -0.4 is 5.32 Å². The fourth-order valence-electron chi connectivity index (χ4n) is 3.25. The fraction of sp³-hybridized carbons (Fsp3) is 1.00. The molecule has 0 amide bonds. The molecule has 2 rings (SSSR count). The Labute approximate surface area is 124 Å². The van der Waals surface area contributed by atoms with Crippen molar-refractivity contribution < 1.29 is 8.42 Å². The maximum atomic E-state index is 11.8. The van der Waals surface area contributed by atoms with Crippen molar-refractivity contribution in [3.05, 3.63) is 0 Å². The number of hydrogen-bond donors (Lipinski definition) is 1. The monoisotopic (exact) mass is 302 g/mol. The lowest BCUT2D eigenvalue weighted by molar-refractivity contribution is 0.0309. The van der Waals surface area contributed by atoms with E-state index in [4.69, 9.17) is 0 Å². The smallest absolute Gasteiger partial charge is 0.151 e. The van der Waals surface area contributed by atoms with Crippen LogP contribution in [-0.2, 0) is 9.84 Å². The largest absolute Gasteiger partial charge is 0.311 e. The summed E-state index contributed by atoms with van der Waals surface area (Å²) < 4.78 is 23.6. The average molecular weight is 302 g/mol. The third-order valence-corrected chi connectivity index (χ3v) is 6.92. The van der Waals surface area contributed by atoms with E-state index in [9.17, 15) is 8.42 Å². The third-order valence-electron chi connectivity index (χ3n) is 5.24. The van der Waals surface area contributed by atoms with Crippen LogP contribution in [0.4, 0.5) is 0 Å². The van der Waals surface area contributed by atoms with Crippen molar-refractivity contribution in [2.75, 3.05) is 31.1 Å². The van der Waals surface area contributed by atoms with E-state index in [0.29, 0.717) is 24.3 Å². The number of piperazine rings is 1. The maximum absolute atomic E-state index is 11.8. The first kappa shape index (κ1) is 16.2. The molecular weight excluding hydrogens is 272 g/mol. The molecule has 118 valence electrons. The molecule has 0 spiro atoms. The van der Waals surface area contributed by atoms with Crippen molar-refractivity contribution in [1.29, 1.82) is 0 Å². The molecule has 1 saturated heterocycles. The topological polar surface area (TPSA) is 49.4 Å². The number of rotatable bonds is 6. The van der Waals surface area contributed by atoms with Gasteiger partial charge in [0.2, 0.25) is 0 Å². The van der Waals surface area contributed by atoms with Crippen molar-refractivity contribution in [2.24, 2.45) is 11.8 Å². The molecule has 1 heterocycles. The minimum atomic E-state index is -2.87. The van der Waals surface area contributed by atoms with Gasteiger partial charge in [-0.1, -0.05) is 20.8 Å². The van der Waals surface area contributed by atoms with Gasteiger partial charge in [-0.05, 0) is 31.6 Å². The van der Waals surface area contributed by atoms with Crippen LogP contribution in [0, 0.1) is 11.8 Å². The van der Waals surface area contributed by atoms with E-state index >= 15 is 0 Å². The molecule has 1 saturated carbocycles. The number of nitrogens with zero attached hydrogens (tertiary/aromatic N) is 1. The van der Waals surface area contributed by atoms with Gasteiger partial charge in [0.1, 0.15) is 0 Å². The molecule has 2 fully saturated rings. The van der Waals surface area contributed by atoms with Crippen LogP contribution in [0.25, 0.3) is 0 Å². The van der Waals surface area contributed by atoms with Gasteiger partial charge in [-0.2, -0.15) is 0 Å². The predicted octanol–water partition coefficient (Wildman–Crippen LogP) is 1.52. The number of sulfone groups is 1. The second-order valence-electron chi connectivity index (χ2n) is 7.05. The lowest BCUT2D eigenvalue weighted by Crippen LogP contribution is -2.66. The highest BCUT2D eigenvalue weighted by Crippen LogP contribution is 2.44. The van der Waals surface area contributed by atoms with Crippen molar-refractivity contribution in [1.82, 2.24) is 10.2 Å². The van der Waals surface area contributed by atoms with Crippen molar-refractivity contribution >= 4 is 9.84 Å². The molecule has 2 atom stereocenters. The Morgan fingerprint density at radius 1 is 1.35 bits per heavy atom. The molecule has 0 radical (unpaired) electrons. The van der Waals surface area contributed by atoms with Crippen LogP contribution in [0.1, 0.15) is 40.5 Å². The zero-order valence-corrected chi connectivity index (χ0v) is 14.2. The lowest BCUT2D eigenvalue weighted by Gasteiger charge is -2.49. The number of hydrogen-bond acceptors (Lipinski definition) is 4. The van der Waals surface area contributed by atoms with Gasteiger partial charge in [0.25, 0.3) is 0 Å². The summed E-state index contributed by atoms with van der Waals surface area (Å²) in [6, 6.07) is 0.478. The Hall–Kier alpha value is -0.130. The summed E-state index contributed by atoms with van der Waals surface area (Å²) in [5, 5.41) is 3.68. The van der Waals surface area contributed by atoms with Crippen molar-refractivity contribution in [2.45, 2.75) is 52.1 Å². The second kappa shape index (κ2) is 5.93. The molecule has 0 aromatic heterocycles. The molecule has 0 bridgehead atoms. The van der Waals surface area contributed by atoms with Crippen LogP contribution in [0.3, 0.4) is 0 Å². The zero-order chi connectivity index (χ0) is 15.0. The molecule has 1 N–H and O–H groups in total. The van der Waals surface area contributed by atoms with Crippen LogP contribution >= 0.6 is 0 Å². The van der Waals surface area contributed by atoms with E-state index in [1.54, 1.807) is 6.92 Å². The summed E-state index contributed by atoms with van der Waals surface area (Å²) in [5.74, 6) is 1.89. The molecule has 5 heteroatoms. The van der Waals surface area contributed by atoms with Gasteiger partial charge in [-0.15, -0.1) is 0 Å². The van der Waals surface area contributed by atoms with Crippen LogP contribution in [-0.4, -0.2) is 56.0 Å². The molecule has 2 aliphatic rings. The molecule has 1 aliphatic carbocycles.